The van der Waals surface area contributed by atoms with Crippen LogP contribution in [0.1, 0.15) is 47.0 Å². The third kappa shape index (κ3) is 3.30. The molecule has 0 saturated carbocycles. The number of carbonyl (C=O) groups excluding carboxylic acids is 1. The summed E-state index contributed by atoms with van der Waals surface area (Å²) in [5, 5.41) is 0. The van der Waals surface area contributed by atoms with Crippen molar-refractivity contribution in [2.24, 2.45) is 11.8 Å². The van der Waals surface area contributed by atoms with Crippen LogP contribution in [0.4, 0.5) is 0 Å². The maximum atomic E-state index is 11.9. The van der Waals surface area contributed by atoms with Gasteiger partial charge in [0.25, 0.3) is 0 Å². The first-order chi connectivity index (χ1) is 7.06. The van der Waals surface area contributed by atoms with E-state index in [2.05, 4.69) is 25.7 Å². The first kappa shape index (κ1) is 12.7. The third-order valence-electron chi connectivity index (χ3n) is 4.03. The molecule has 0 N–H and O–H groups in total. The molecular formula is C13H25NO. The summed E-state index contributed by atoms with van der Waals surface area (Å²) in [6, 6.07) is 0.576. The zero-order valence-corrected chi connectivity index (χ0v) is 10.6. The van der Waals surface area contributed by atoms with Gasteiger partial charge in [0.05, 0.1) is 6.54 Å². The number of carbonyl (C=O) groups is 1. The average Bonchev–Trinajstić information content (AvgIpc) is 2.23. The van der Waals surface area contributed by atoms with Crippen LogP contribution < -0.4 is 0 Å². The van der Waals surface area contributed by atoms with Gasteiger partial charge in [-0.3, -0.25) is 9.69 Å². The van der Waals surface area contributed by atoms with Gasteiger partial charge in [-0.25, -0.2) is 0 Å². The standard InChI is InChI=1S/C13H25NO/c1-5-10(2)13(15)9-14-8-6-7-11(3)12(14)4/h10-12H,5-9H2,1-4H3. The Hall–Kier alpha value is -0.370. The van der Waals surface area contributed by atoms with E-state index in [0.29, 0.717) is 18.4 Å². The van der Waals surface area contributed by atoms with E-state index in [9.17, 15) is 4.79 Å². The quantitative estimate of drug-likeness (QED) is 0.712. The molecule has 0 radical (unpaired) electrons. The molecule has 1 saturated heterocycles. The van der Waals surface area contributed by atoms with E-state index in [0.717, 1.165) is 18.9 Å². The Kier molecular flexibility index (Phi) is 4.78. The van der Waals surface area contributed by atoms with Crippen molar-refractivity contribution in [3.8, 4) is 0 Å². The molecule has 3 unspecified atom stereocenters. The minimum atomic E-state index is 0.231. The van der Waals surface area contributed by atoms with E-state index in [1.54, 1.807) is 0 Å². The molecule has 0 bridgehead atoms. The lowest BCUT2D eigenvalue weighted by atomic mass is 9.91. The molecule has 0 spiro atoms. The fourth-order valence-electron chi connectivity index (χ4n) is 2.23. The molecule has 1 aliphatic heterocycles. The molecule has 0 aliphatic carbocycles. The Morgan fingerprint density at radius 1 is 1.47 bits per heavy atom. The second kappa shape index (κ2) is 5.64. The smallest absolute Gasteiger partial charge is 0.149 e. The van der Waals surface area contributed by atoms with Crippen molar-refractivity contribution in [2.45, 2.75) is 53.0 Å². The fraction of sp³-hybridized carbons (Fsp3) is 0.923. The highest BCUT2D eigenvalue weighted by atomic mass is 16.1. The summed E-state index contributed by atoms with van der Waals surface area (Å²) in [7, 11) is 0. The SMILES string of the molecule is CCC(C)C(=O)CN1CCCC(C)C1C. The van der Waals surface area contributed by atoms with Gasteiger partial charge >= 0.3 is 0 Å². The molecule has 1 fully saturated rings. The normalized spacial score (nSPS) is 30.1. The Morgan fingerprint density at radius 3 is 2.73 bits per heavy atom. The average molecular weight is 211 g/mol. The van der Waals surface area contributed by atoms with Crippen LogP contribution in [0.15, 0.2) is 0 Å². The van der Waals surface area contributed by atoms with E-state index in [4.69, 9.17) is 0 Å². The summed E-state index contributed by atoms with van der Waals surface area (Å²) < 4.78 is 0. The van der Waals surface area contributed by atoms with Gasteiger partial charge in [0.2, 0.25) is 0 Å². The van der Waals surface area contributed by atoms with Gasteiger partial charge in [-0.1, -0.05) is 20.8 Å². The molecule has 0 aromatic carbocycles. The molecule has 3 atom stereocenters. The van der Waals surface area contributed by atoms with E-state index >= 15 is 0 Å². The highest BCUT2D eigenvalue weighted by Gasteiger charge is 2.26. The van der Waals surface area contributed by atoms with Gasteiger partial charge < -0.3 is 0 Å². The van der Waals surface area contributed by atoms with E-state index in [1.165, 1.54) is 12.8 Å². The highest BCUT2D eigenvalue weighted by molar-refractivity contribution is 5.82. The van der Waals surface area contributed by atoms with E-state index in [-0.39, 0.29) is 5.92 Å². The lowest BCUT2D eigenvalue weighted by Gasteiger charge is -2.37. The summed E-state index contributed by atoms with van der Waals surface area (Å²) in [6.45, 7) is 10.5. The van der Waals surface area contributed by atoms with Crippen LogP contribution in [0.25, 0.3) is 0 Å². The molecule has 0 amide bonds. The lowest BCUT2D eigenvalue weighted by molar-refractivity contribution is -0.124. The van der Waals surface area contributed by atoms with Crippen LogP contribution >= 0.6 is 0 Å². The predicted octanol–water partition coefficient (Wildman–Crippen LogP) is 2.72. The van der Waals surface area contributed by atoms with Gasteiger partial charge in [-0.15, -0.1) is 0 Å². The lowest BCUT2D eigenvalue weighted by Crippen LogP contribution is -2.45. The number of likely N-dealkylation sites (tertiary alicyclic amines) is 1. The Bertz CT molecular complexity index is 215. The van der Waals surface area contributed by atoms with E-state index < -0.39 is 0 Å². The Balaban J connectivity index is 2.46. The molecule has 88 valence electrons. The number of rotatable bonds is 4. The number of Topliss-reactive ketones (excluding diaryl/α,β-unsaturated/α-hetero) is 1. The van der Waals surface area contributed by atoms with Crippen molar-refractivity contribution >= 4 is 5.78 Å². The maximum Gasteiger partial charge on any atom is 0.149 e. The van der Waals surface area contributed by atoms with Crippen LogP contribution in [-0.2, 0) is 4.79 Å². The predicted molar refractivity (Wildman–Crippen MR) is 63.9 cm³/mol. The molecule has 15 heavy (non-hydrogen) atoms. The van der Waals surface area contributed by atoms with Gasteiger partial charge in [0, 0.05) is 12.0 Å². The summed E-state index contributed by atoms with van der Waals surface area (Å²) in [4.78, 5) is 14.2. The van der Waals surface area contributed by atoms with E-state index in [1.807, 2.05) is 6.92 Å². The second-order valence-electron chi connectivity index (χ2n) is 5.11. The molecule has 1 heterocycles. The third-order valence-corrected chi connectivity index (χ3v) is 4.03. The number of nitrogens with zero attached hydrogens (tertiary/aromatic N) is 1. The molecule has 2 nitrogen and oxygen atoms in total. The summed E-state index contributed by atoms with van der Waals surface area (Å²) in [5.74, 6) is 1.39. The Labute approximate surface area is 94.0 Å². The molecular weight excluding hydrogens is 186 g/mol. The van der Waals surface area contributed by atoms with Gasteiger partial charge in [0.1, 0.15) is 5.78 Å². The van der Waals surface area contributed by atoms with Crippen LogP contribution in [0.5, 0.6) is 0 Å². The van der Waals surface area contributed by atoms with Crippen molar-refractivity contribution in [1.82, 2.24) is 4.90 Å². The minimum Gasteiger partial charge on any atom is -0.298 e. The zero-order chi connectivity index (χ0) is 11.4. The molecule has 0 aromatic rings. The largest absolute Gasteiger partial charge is 0.298 e. The van der Waals surface area contributed by atoms with Crippen molar-refractivity contribution in [2.75, 3.05) is 13.1 Å². The fourth-order valence-corrected chi connectivity index (χ4v) is 2.23. The van der Waals surface area contributed by atoms with Crippen LogP contribution in [-0.4, -0.2) is 29.8 Å². The topological polar surface area (TPSA) is 20.3 Å². The zero-order valence-electron chi connectivity index (χ0n) is 10.6. The van der Waals surface area contributed by atoms with Crippen molar-refractivity contribution in [3.05, 3.63) is 0 Å². The molecule has 2 heteroatoms. The van der Waals surface area contributed by atoms with Crippen LogP contribution in [0.3, 0.4) is 0 Å². The monoisotopic (exact) mass is 211 g/mol. The number of piperidine rings is 1. The molecule has 1 rings (SSSR count). The number of hydrogen-bond acceptors (Lipinski definition) is 2. The highest BCUT2D eigenvalue weighted by Crippen LogP contribution is 2.22. The van der Waals surface area contributed by atoms with Crippen molar-refractivity contribution in [3.63, 3.8) is 0 Å². The number of ketones is 1. The van der Waals surface area contributed by atoms with Crippen LogP contribution in [0, 0.1) is 11.8 Å². The molecule has 1 aliphatic rings. The Morgan fingerprint density at radius 2 is 2.13 bits per heavy atom. The summed E-state index contributed by atoms with van der Waals surface area (Å²) >= 11 is 0. The first-order valence-corrected chi connectivity index (χ1v) is 6.33. The summed E-state index contributed by atoms with van der Waals surface area (Å²) in [5.41, 5.74) is 0. The summed E-state index contributed by atoms with van der Waals surface area (Å²) in [6.07, 6.45) is 3.53. The van der Waals surface area contributed by atoms with Gasteiger partial charge in [-0.2, -0.15) is 0 Å². The second-order valence-corrected chi connectivity index (χ2v) is 5.11. The van der Waals surface area contributed by atoms with Crippen molar-refractivity contribution in [1.29, 1.82) is 0 Å². The maximum absolute atomic E-state index is 11.9. The first-order valence-electron chi connectivity index (χ1n) is 6.33. The molecule has 0 aromatic heterocycles. The van der Waals surface area contributed by atoms with Crippen molar-refractivity contribution < 1.29 is 4.79 Å². The number of hydrogen-bond donors (Lipinski definition) is 0. The van der Waals surface area contributed by atoms with Gasteiger partial charge in [-0.05, 0) is 38.6 Å². The minimum absolute atomic E-state index is 0.231. The van der Waals surface area contributed by atoms with Gasteiger partial charge in [0.15, 0.2) is 0 Å². The van der Waals surface area contributed by atoms with Crippen LogP contribution in [0.2, 0.25) is 0 Å².